The van der Waals surface area contributed by atoms with Gasteiger partial charge in [0.1, 0.15) is 0 Å². The first-order chi connectivity index (χ1) is 10.00. The molecule has 0 aliphatic heterocycles. The van der Waals surface area contributed by atoms with Crippen LogP contribution in [0.25, 0.3) is 0 Å². The van der Waals surface area contributed by atoms with Crippen LogP contribution in [-0.2, 0) is 4.79 Å². The van der Waals surface area contributed by atoms with Crippen molar-refractivity contribution in [3.63, 3.8) is 0 Å². The van der Waals surface area contributed by atoms with Gasteiger partial charge in [-0.1, -0.05) is 26.0 Å². The maximum Gasteiger partial charge on any atom is 0.253 e. The molecule has 1 aromatic rings. The summed E-state index contributed by atoms with van der Waals surface area (Å²) < 4.78 is 0. The lowest BCUT2D eigenvalue weighted by Crippen LogP contribution is -2.50. The molecule has 2 amide bonds. The molecule has 1 aliphatic rings. The SMILES string of the molecule is CCC(N)(CC)C(=O)Nc1ccccc1C(=O)NC1CC1. The van der Waals surface area contributed by atoms with Crippen molar-refractivity contribution >= 4 is 17.5 Å². The number of para-hydroxylation sites is 1. The third-order valence-corrected chi connectivity index (χ3v) is 4.05. The van der Waals surface area contributed by atoms with Gasteiger partial charge in [-0.05, 0) is 37.8 Å². The zero-order valence-electron chi connectivity index (χ0n) is 12.6. The Morgan fingerprint density at radius 3 is 2.43 bits per heavy atom. The Hall–Kier alpha value is -1.88. The average molecular weight is 289 g/mol. The first kappa shape index (κ1) is 15.5. The molecule has 0 heterocycles. The lowest BCUT2D eigenvalue weighted by Gasteiger charge is -2.25. The second kappa shape index (κ2) is 6.26. The monoisotopic (exact) mass is 289 g/mol. The summed E-state index contributed by atoms with van der Waals surface area (Å²) in [7, 11) is 0. The first-order valence-electron chi connectivity index (χ1n) is 7.50. The van der Waals surface area contributed by atoms with Gasteiger partial charge in [0.25, 0.3) is 5.91 Å². The molecule has 0 radical (unpaired) electrons. The van der Waals surface area contributed by atoms with Gasteiger partial charge in [-0.3, -0.25) is 9.59 Å². The lowest BCUT2D eigenvalue weighted by molar-refractivity contribution is -0.121. The minimum Gasteiger partial charge on any atom is -0.349 e. The molecule has 0 atom stereocenters. The van der Waals surface area contributed by atoms with E-state index in [9.17, 15) is 9.59 Å². The summed E-state index contributed by atoms with van der Waals surface area (Å²) in [6, 6.07) is 7.29. The molecule has 0 bridgehead atoms. The number of benzene rings is 1. The van der Waals surface area contributed by atoms with Gasteiger partial charge in [-0.2, -0.15) is 0 Å². The molecule has 5 heteroatoms. The van der Waals surface area contributed by atoms with E-state index in [0.29, 0.717) is 24.1 Å². The number of nitrogens with one attached hydrogen (secondary N) is 2. The van der Waals surface area contributed by atoms with Crippen LogP contribution in [0.2, 0.25) is 0 Å². The van der Waals surface area contributed by atoms with Crippen molar-refractivity contribution < 1.29 is 9.59 Å². The molecule has 1 aromatic carbocycles. The molecular formula is C16H23N3O2. The maximum absolute atomic E-state index is 12.3. The van der Waals surface area contributed by atoms with E-state index in [1.165, 1.54) is 0 Å². The Morgan fingerprint density at radius 1 is 1.24 bits per heavy atom. The highest BCUT2D eigenvalue weighted by Crippen LogP contribution is 2.22. The molecule has 21 heavy (non-hydrogen) atoms. The number of hydrogen-bond acceptors (Lipinski definition) is 3. The van der Waals surface area contributed by atoms with E-state index < -0.39 is 5.54 Å². The van der Waals surface area contributed by atoms with E-state index in [4.69, 9.17) is 5.73 Å². The molecule has 1 fully saturated rings. The second-order valence-electron chi connectivity index (χ2n) is 5.61. The van der Waals surface area contributed by atoms with Gasteiger partial charge < -0.3 is 16.4 Å². The van der Waals surface area contributed by atoms with Gasteiger partial charge in [0.2, 0.25) is 5.91 Å². The van der Waals surface area contributed by atoms with Crippen LogP contribution in [0, 0.1) is 0 Å². The summed E-state index contributed by atoms with van der Waals surface area (Å²) in [5, 5.41) is 5.73. The van der Waals surface area contributed by atoms with E-state index >= 15 is 0 Å². The molecule has 0 unspecified atom stereocenters. The van der Waals surface area contributed by atoms with Crippen molar-refractivity contribution in [3.8, 4) is 0 Å². The van der Waals surface area contributed by atoms with Crippen LogP contribution >= 0.6 is 0 Å². The maximum atomic E-state index is 12.3. The molecule has 4 N–H and O–H groups in total. The fraction of sp³-hybridized carbons (Fsp3) is 0.500. The van der Waals surface area contributed by atoms with Crippen LogP contribution in [0.5, 0.6) is 0 Å². The fourth-order valence-electron chi connectivity index (χ4n) is 2.10. The van der Waals surface area contributed by atoms with Gasteiger partial charge in [0.15, 0.2) is 0 Å². The molecule has 0 aromatic heterocycles. The van der Waals surface area contributed by atoms with Crippen molar-refractivity contribution in [1.29, 1.82) is 0 Å². The van der Waals surface area contributed by atoms with Crippen molar-refractivity contribution in [1.82, 2.24) is 5.32 Å². The zero-order chi connectivity index (χ0) is 15.5. The van der Waals surface area contributed by atoms with Gasteiger partial charge in [-0.25, -0.2) is 0 Å². The highest BCUT2D eigenvalue weighted by Gasteiger charge is 2.31. The molecular weight excluding hydrogens is 266 g/mol. The van der Waals surface area contributed by atoms with E-state index in [1.807, 2.05) is 13.8 Å². The van der Waals surface area contributed by atoms with Crippen molar-refractivity contribution in [2.75, 3.05) is 5.32 Å². The Morgan fingerprint density at radius 2 is 1.86 bits per heavy atom. The van der Waals surface area contributed by atoms with Gasteiger partial charge in [0.05, 0.1) is 16.8 Å². The van der Waals surface area contributed by atoms with E-state index in [1.54, 1.807) is 24.3 Å². The molecule has 5 nitrogen and oxygen atoms in total. The summed E-state index contributed by atoms with van der Waals surface area (Å²) in [5.74, 6) is -0.400. The number of rotatable bonds is 6. The van der Waals surface area contributed by atoms with Crippen LogP contribution < -0.4 is 16.4 Å². The number of anilines is 1. The van der Waals surface area contributed by atoms with Crippen LogP contribution in [0.1, 0.15) is 49.9 Å². The lowest BCUT2D eigenvalue weighted by atomic mass is 9.93. The number of hydrogen-bond donors (Lipinski definition) is 3. The summed E-state index contributed by atoms with van der Waals surface area (Å²) in [5.41, 5.74) is 6.18. The van der Waals surface area contributed by atoms with Gasteiger partial charge in [-0.15, -0.1) is 0 Å². The number of amides is 2. The first-order valence-corrected chi connectivity index (χ1v) is 7.50. The molecule has 0 saturated heterocycles. The minimum absolute atomic E-state index is 0.149. The summed E-state index contributed by atoms with van der Waals surface area (Å²) in [6.07, 6.45) is 3.15. The standard InChI is InChI=1S/C16H23N3O2/c1-3-16(17,4-2)15(21)19-13-8-6-5-7-12(13)14(20)18-11-9-10-11/h5-8,11H,3-4,9-10,17H2,1-2H3,(H,18,20)(H,19,21). The van der Waals surface area contributed by atoms with Crippen molar-refractivity contribution in [3.05, 3.63) is 29.8 Å². The molecule has 0 spiro atoms. The predicted molar refractivity (Wildman–Crippen MR) is 83.1 cm³/mol. The van der Waals surface area contributed by atoms with Crippen molar-refractivity contribution in [2.24, 2.45) is 5.73 Å². The third kappa shape index (κ3) is 3.61. The number of carbonyl (C=O) groups excluding carboxylic acids is 2. The molecule has 1 aliphatic carbocycles. The fourth-order valence-corrected chi connectivity index (χ4v) is 2.10. The minimum atomic E-state index is -0.903. The average Bonchev–Trinajstić information content (AvgIpc) is 3.30. The van der Waals surface area contributed by atoms with Crippen LogP contribution in [0.4, 0.5) is 5.69 Å². The smallest absolute Gasteiger partial charge is 0.253 e. The number of carbonyl (C=O) groups is 2. The summed E-state index contributed by atoms with van der Waals surface area (Å²) in [6.45, 7) is 3.77. The quantitative estimate of drug-likeness (QED) is 0.749. The van der Waals surface area contributed by atoms with Crippen molar-refractivity contribution in [2.45, 2.75) is 51.1 Å². The summed E-state index contributed by atoms with van der Waals surface area (Å²) >= 11 is 0. The second-order valence-corrected chi connectivity index (χ2v) is 5.61. The predicted octanol–water partition coefficient (Wildman–Crippen LogP) is 2.03. The molecule has 114 valence electrons. The summed E-state index contributed by atoms with van der Waals surface area (Å²) in [4.78, 5) is 24.5. The van der Waals surface area contributed by atoms with Crippen LogP contribution in [0.3, 0.4) is 0 Å². The largest absolute Gasteiger partial charge is 0.349 e. The highest BCUT2D eigenvalue weighted by molar-refractivity contribution is 6.06. The van der Waals surface area contributed by atoms with Crippen LogP contribution in [-0.4, -0.2) is 23.4 Å². The normalized spacial score (nSPS) is 14.6. The Labute approximate surface area is 125 Å². The Balaban J connectivity index is 2.16. The number of nitrogens with two attached hydrogens (primary N) is 1. The van der Waals surface area contributed by atoms with E-state index in [-0.39, 0.29) is 17.9 Å². The van der Waals surface area contributed by atoms with Gasteiger partial charge in [0, 0.05) is 6.04 Å². The highest BCUT2D eigenvalue weighted by atomic mass is 16.2. The topological polar surface area (TPSA) is 84.2 Å². The van der Waals surface area contributed by atoms with Crippen LogP contribution in [0.15, 0.2) is 24.3 Å². The van der Waals surface area contributed by atoms with E-state index in [2.05, 4.69) is 10.6 Å². The molecule has 1 saturated carbocycles. The Kier molecular flexibility index (Phi) is 4.63. The Bertz CT molecular complexity index is 534. The van der Waals surface area contributed by atoms with E-state index in [0.717, 1.165) is 12.8 Å². The van der Waals surface area contributed by atoms with Gasteiger partial charge >= 0.3 is 0 Å². The zero-order valence-corrected chi connectivity index (χ0v) is 12.6. The molecule has 2 rings (SSSR count). The third-order valence-electron chi connectivity index (χ3n) is 4.05.